The van der Waals surface area contributed by atoms with Crippen LogP contribution >= 0.6 is 0 Å². The first-order valence-electron chi connectivity index (χ1n) is 6.54. The van der Waals surface area contributed by atoms with Gasteiger partial charge in [0, 0.05) is 6.04 Å². The summed E-state index contributed by atoms with van der Waals surface area (Å²) in [6.07, 6.45) is 3.39. The van der Waals surface area contributed by atoms with E-state index in [4.69, 9.17) is 0 Å². The molecule has 0 aromatic rings. The first kappa shape index (κ1) is 13.5. The molecule has 0 aromatic carbocycles. The summed E-state index contributed by atoms with van der Waals surface area (Å²) < 4.78 is 0. The van der Waals surface area contributed by atoms with Gasteiger partial charge < -0.3 is 10.6 Å². The Labute approximate surface area is 99.4 Å². The third kappa shape index (κ3) is 4.12. The first-order chi connectivity index (χ1) is 7.50. The molecule has 2 N–H and O–H groups in total. The van der Waals surface area contributed by atoms with Gasteiger partial charge in [0.15, 0.2) is 0 Å². The van der Waals surface area contributed by atoms with Crippen molar-refractivity contribution in [1.82, 2.24) is 10.6 Å². The van der Waals surface area contributed by atoms with Crippen molar-refractivity contribution in [3.05, 3.63) is 0 Å². The summed E-state index contributed by atoms with van der Waals surface area (Å²) >= 11 is 0. The topological polar surface area (TPSA) is 41.1 Å². The minimum atomic E-state index is 0.0170. The molecular formula is C13H26N2O. The number of rotatable bonds is 4. The summed E-state index contributed by atoms with van der Waals surface area (Å²) in [5, 5.41) is 6.43. The molecule has 3 unspecified atom stereocenters. The zero-order chi connectivity index (χ0) is 12.1. The molecule has 1 rings (SSSR count). The molecule has 1 aliphatic rings. The van der Waals surface area contributed by atoms with Crippen molar-refractivity contribution in [3.8, 4) is 0 Å². The molecule has 3 nitrogen and oxygen atoms in total. The molecule has 0 aliphatic carbocycles. The van der Waals surface area contributed by atoms with Crippen LogP contribution in [0, 0.1) is 11.8 Å². The lowest BCUT2D eigenvalue weighted by atomic mass is 9.92. The predicted molar refractivity (Wildman–Crippen MR) is 67.2 cm³/mol. The molecular weight excluding hydrogens is 200 g/mol. The van der Waals surface area contributed by atoms with E-state index < -0.39 is 0 Å². The summed E-state index contributed by atoms with van der Waals surface area (Å²) in [5.41, 5.74) is 0. The van der Waals surface area contributed by atoms with Gasteiger partial charge in [-0.2, -0.15) is 0 Å². The van der Waals surface area contributed by atoms with Crippen LogP contribution in [0.1, 0.15) is 47.0 Å². The van der Waals surface area contributed by atoms with E-state index in [0.29, 0.717) is 11.8 Å². The highest BCUT2D eigenvalue weighted by Gasteiger charge is 2.27. The summed E-state index contributed by atoms with van der Waals surface area (Å²) in [7, 11) is 0. The first-order valence-corrected chi connectivity index (χ1v) is 6.54. The third-order valence-corrected chi connectivity index (χ3v) is 3.27. The molecule has 0 saturated carbocycles. The fourth-order valence-electron chi connectivity index (χ4n) is 2.50. The number of amides is 1. The van der Waals surface area contributed by atoms with Crippen LogP contribution in [0.4, 0.5) is 0 Å². The molecule has 1 saturated heterocycles. The number of hydrogen-bond acceptors (Lipinski definition) is 2. The van der Waals surface area contributed by atoms with Crippen LogP contribution in [0.3, 0.4) is 0 Å². The van der Waals surface area contributed by atoms with E-state index >= 15 is 0 Å². The fourth-order valence-corrected chi connectivity index (χ4v) is 2.50. The minimum absolute atomic E-state index is 0.0170. The Morgan fingerprint density at radius 2 is 2.12 bits per heavy atom. The molecule has 1 amide bonds. The molecule has 0 radical (unpaired) electrons. The highest BCUT2D eigenvalue weighted by Crippen LogP contribution is 2.16. The van der Waals surface area contributed by atoms with Crippen LogP contribution in [0.5, 0.6) is 0 Å². The largest absolute Gasteiger partial charge is 0.352 e. The zero-order valence-corrected chi connectivity index (χ0v) is 11.0. The second-order valence-electron chi connectivity index (χ2n) is 5.59. The van der Waals surface area contributed by atoms with E-state index in [0.717, 1.165) is 19.4 Å². The Morgan fingerprint density at radius 1 is 1.44 bits per heavy atom. The second kappa shape index (κ2) is 6.24. The maximum absolute atomic E-state index is 12.0. The Kier molecular flexibility index (Phi) is 5.26. The van der Waals surface area contributed by atoms with Crippen LogP contribution < -0.4 is 10.6 Å². The smallest absolute Gasteiger partial charge is 0.237 e. The Morgan fingerprint density at radius 3 is 2.69 bits per heavy atom. The highest BCUT2D eigenvalue weighted by atomic mass is 16.2. The lowest BCUT2D eigenvalue weighted by molar-refractivity contribution is -0.125. The maximum atomic E-state index is 12.0. The quantitative estimate of drug-likeness (QED) is 0.769. The van der Waals surface area contributed by atoms with Crippen molar-refractivity contribution in [3.63, 3.8) is 0 Å². The Bertz CT molecular complexity index is 228. The standard InChI is InChI=1S/C13H26N2O/c1-9(2)8-11(4)15-13(16)12-10(3)6-5-7-14-12/h9-12,14H,5-8H2,1-4H3,(H,15,16). The number of carbonyl (C=O) groups is 1. The molecule has 1 heterocycles. The maximum Gasteiger partial charge on any atom is 0.237 e. The lowest BCUT2D eigenvalue weighted by Crippen LogP contribution is -2.52. The summed E-state index contributed by atoms with van der Waals surface area (Å²) in [5.74, 6) is 1.27. The van der Waals surface area contributed by atoms with Crippen LogP contribution in [0.2, 0.25) is 0 Å². The summed E-state index contributed by atoms with van der Waals surface area (Å²) in [4.78, 5) is 12.0. The van der Waals surface area contributed by atoms with E-state index in [-0.39, 0.29) is 18.0 Å². The van der Waals surface area contributed by atoms with Gasteiger partial charge in [-0.3, -0.25) is 4.79 Å². The Hall–Kier alpha value is -0.570. The average Bonchev–Trinajstić information content (AvgIpc) is 2.16. The van der Waals surface area contributed by atoms with Gasteiger partial charge in [0.2, 0.25) is 5.91 Å². The molecule has 0 aromatic heterocycles. The normalized spacial score (nSPS) is 27.8. The SMILES string of the molecule is CC(C)CC(C)NC(=O)C1NCCCC1C. The van der Waals surface area contributed by atoms with Gasteiger partial charge in [-0.15, -0.1) is 0 Å². The molecule has 3 atom stereocenters. The monoisotopic (exact) mass is 226 g/mol. The van der Waals surface area contributed by atoms with Crippen molar-refractivity contribution in [2.75, 3.05) is 6.54 Å². The highest BCUT2D eigenvalue weighted by molar-refractivity contribution is 5.82. The summed E-state index contributed by atoms with van der Waals surface area (Å²) in [6.45, 7) is 9.59. The van der Waals surface area contributed by atoms with Crippen molar-refractivity contribution in [1.29, 1.82) is 0 Å². The zero-order valence-electron chi connectivity index (χ0n) is 11.0. The van der Waals surface area contributed by atoms with Gasteiger partial charge in [0.05, 0.1) is 6.04 Å². The average molecular weight is 226 g/mol. The Balaban J connectivity index is 2.38. The van der Waals surface area contributed by atoms with Crippen LogP contribution in [-0.4, -0.2) is 24.5 Å². The van der Waals surface area contributed by atoms with Crippen molar-refractivity contribution in [2.24, 2.45) is 11.8 Å². The van der Waals surface area contributed by atoms with Gasteiger partial charge in [0.25, 0.3) is 0 Å². The molecule has 3 heteroatoms. The molecule has 1 aliphatic heterocycles. The second-order valence-corrected chi connectivity index (χ2v) is 5.59. The fraction of sp³-hybridized carbons (Fsp3) is 0.923. The van der Waals surface area contributed by atoms with Gasteiger partial charge in [-0.25, -0.2) is 0 Å². The van der Waals surface area contributed by atoms with Gasteiger partial charge in [-0.05, 0) is 44.6 Å². The van der Waals surface area contributed by atoms with E-state index in [1.807, 2.05) is 0 Å². The van der Waals surface area contributed by atoms with Crippen molar-refractivity contribution in [2.45, 2.75) is 59.0 Å². The summed E-state index contributed by atoms with van der Waals surface area (Å²) in [6, 6.07) is 0.298. The number of nitrogens with one attached hydrogen (secondary N) is 2. The van der Waals surface area contributed by atoms with E-state index in [2.05, 4.69) is 38.3 Å². The lowest BCUT2D eigenvalue weighted by Gasteiger charge is -2.30. The van der Waals surface area contributed by atoms with Gasteiger partial charge in [0.1, 0.15) is 0 Å². The van der Waals surface area contributed by atoms with E-state index in [1.54, 1.807) is 0 Å². The van der Waals surface area contributed by atoms with Crippen LogP contribution in [-0.2, 0) is 4.79 Å². The minimum Gasteiger partial charge on any atom is -0.352 e. The molecule has 0 bridgehead atoms. The number of piperidine rings is 1. The third-order valence-electron chi connectivity index (χ3n) is 3.27. The van der Waals surface area contributed by atoms with Gasteiger partial charge >= 0.3 is 0 Å². The van der Waals surface area contributed by atoms with Crippen molar-refractivity contribution < 1.29 is 4.79 Å². The van der Waals surface area contributed by atoms with Gasteiger partial charge in [-0.1, -0.05) is 20.8 Å². The number of carbonyl (C=O) groups excluding carboxylic acids is 1. The van der Waals surface area contributed by atoms with Crippen LogP contribution in [0.25, 0.3) is 0 Å². The molecule has 0 spiro atoms. The predicted octanol–water partition coefficient (Wildman–Crippen LogP) is 1.93. The molecule has 1 fully saturated rings. The molecule has 94 valence electrons. The van der Waals surface area contributed by atoms with Crippen LogP contribution in [0.15, 0.2) is 0 Å². The van der Waals surface area contributed by atoms with E-state index in [1.165, 1.54) is 6.42 Å². The van der Waals surface area contributed by atoms with Crippen molar-refractivity contribution >= 4 is 5.91 Å². The van der Waals surface area contributed by atoms with E-state index in [9.17, 15) is 4.79 Å². The number of hydrogen-bond donors (Lipinski definition) is 2. The molecule has 16 heavy (non-hydrogen) atoms.